The Labute approximate surface area is 128 Å². The fourth-order valence-electron chi connectivity index (χ4n) is 2.55. The van der Waals surface area contributed by atoms with Crippen LogP contribution in [0.1, 0.15) is 56.1 Å². The minimum atomic E-state index is 0.158. The van der Waals surface area contributed by atoms with Crippen molar-refractivity contribution in [2.24, 2.45) is 0 Å². The topological polar surface area (TPSA) is 24.9 Å². The van der Waals surface area contributed by atoms with E-state index in [0.29, 0.717) is 0 Å². The summed E-state index contributed by atoms with van der Waals surface area (Å²) in [6.45, 7) is 11.9. The maximum Gasteiger partial charge on any atom is 0.0754 e. The highest BCUT2D eigenvalue weighted by atomic mass is 14.9. The number of rotatable bonds is 4. The highest BCUT2D eigenvalue weighted by Crippen LogP contribution is 2.27. The van der Waals surface area contributed by atoms with Crippen molar-refractivity contribution in [1.82, 2.24) is 10.3 Å². The van der Waals surface area contributed by atoms with Crippen molar-refractivity contribution in [2.45, 2.75) is 46.1 Å². The minimum absolute atomic E-state index is 0.158. The van der Waals surface area contributed by atoms with Crippen LogP contribution >= 0.6 is 0 Å². The summed E-state index contributed by atoms with van der Waals surface area (Å²) < 4.78 is 0. The lowest BCUT2D eigenvalue weighted by Crippen LogP contribution is -2.24. The molecule has 2 heteroatoms. The van der Waals surface area contributed by atoms with Crippen LogP contribution < -0.4 is 5.32 Å². The molecule has 1 atom stereocenters. The first kappa shape index (κ1) is 15.7. The summed E-state index contributed by atoms with van der Waals surface area (Å²) in [5, 5.41) is 3.55. The first-order chi connectivity index (χ1) is 9.93. The van der Waals surface area contributed by atoms with Crippen LogP contribution in [0.5, 0.6) is 0 Å². The highest BCUT2D eigenvalue weighted by molar-refractivity contribution is 5.35. The molecule has 0 spiro atoms. The van der Waals surface area contributed by atoms with E-state index in [1.807, 2.05) is 12.3 Å². The number of hydrogen-bond donors (Lipinski definition) is 1. The number of hydrogen-bond acceptors (Lipinski definition) is 2. The van der Waals surface area contributed by atoms with Gasteiger partial charge in [0.2, 0.25) is 0 Å². The van der Waals surface area contributed by atoms with Gasteiger partial charge in [-0.2, -0.15) is 0 Å². The smallest absolute Gasteiger partial charge is 0.0754 e. The largest absolute Gasteiger partial charge is 0.305 e. The van der Waals surface area contributed by atoms with Gasteiger partial charge in [-0.15, -0.1) is 0 Å². The zero-order valence-corrected chi connectivity index (χ0v) is 13.8. The Morgan fingerprint density at radius 2 is 1.76 bits per heavy atom. The minimum Gasteiger partial charge on any atom is -0.305 e. The second kappa shape index (κ2) is 6.40. The zero-order valence-electron chi connectivity index (χ0n) is 13.8. The molecule has 1 unspecified atom stereocenters. The molecule has 0 saturated heterocycles. The predicted octanol–water partition coefficient (Wildman–Crippen LogP) is 4.39. The van der Waals surface area contributed by atoms with E-state index in [1.165, 1.54) is 16.7 Å². The summed E-state index contributed by atoms with van der Waals surface area (Å²) in [5.74, 6) is 0. The van der Waals surface area contributed by atoms with Crippen LogP contribution in [0.15, 0.2) is 42.6 Å². The van der Waals surface area contributed by atoms with Gasteiger partial charge in [0.25, 0.3) is 0 Å². The van der Waals surface area contributed by atoms with Gasteiger partial charge in [-0.05, 0) is 41.6 Å². The Bertz CT molecular complexity index is 579. The first-order valence-electron chi connectivity index (χ1n) is 7.69. The van der Waals surface area contributed by atoms with Crippen LogP contribution in [-0.2, 0) is 5.41 Å². The number of aromatic nitrogens is 1. The molecule has 21 heavy (non-hydrogen) atoms. The first-order valence-corrected chi connectivity index (χ1v) is 7.69. The van der Waals surface area contributed by atoms with E-state index in [1.54, 1.807) is 0 Å². The average molecular weight is 282 g/mol. The van der Waals surface area contributed by atoms with E-state index in [2.05, 4.69) is 75.3 Å². The van der Waals surface area contributed by atoms with E-state index in [4.69, 9.17) is 0 Å². The molecule has 0 aliphatic rings. The van der Waals surface area contributed by atoms with Gasteiger partial charge in [0.1, 0.15) is 0 Å². The van der Waals surface area contributed by atoms with Gasteiger partial charge >= 0.3 is 0 Å². The van der Waals surface area contributed by atoms with Crippen molar-refractivity contribution in [2.75, 3.05) is 6.54 Å². The number of nitrogens with one attached hydrogen (secondary N) is 1. The van der Waals surface area contributed by atoms with Crippen molar-refractivity contribution in [1.29, 1.82) is 0 Å². The number of aryl methyl sites for hydroxylation is 1. The molecule has 2 nitrogen and oxygen atoms in total. The summed E-state index contributed by atoms with van der Waals surface area (Å²) in [6.07, 6.45) is 1.87. The maximum atomic E-state index is 4.58. The molecule has 112 valence electrons. The Morgan fingerprint density at radius 1 is 1.10 bits per heavy atom. The van der Waals surface area contributed by atoms with E-state index in [9.17, 15) is 0 Å². The highest BCUT2D eigenvalue weighted by Gasteiger charge is 2.18. The summed E-state index contributed by atoms with van der Waals surface area (Å²) in [6, 6.07) is 13.2. The third-order valence-corrected chi connectivity index (χ3v) is 3.84. The molecule has 0 aliphatic heterocycles. The van der Waals surface area contributed by atoms with Crippen molar-refractivity contribution >= 4 is 0 Å². The fraction of sp³-hybridized carbons (Fsp3) is 0.421. The second-order valence-electron chi connectivity index (χ2n) is 6.57. The molecule has 2 aromatic rings. The van der Waals surface area contributed by atoms with Gasteiger partial charge in [0, 0.05) is 6.20 Å². The molecule has 0 aliphatic carbocycles. The molecule has 2 rings (SSSR count). The maximum absolute atomic E-state index is 4.58. The standard InChI is InChI=1S/C19H26N2/c1-6-20-18(17-14(2)8-7-13-21-17)15-9-11-16(12-10-15)19(3,4)5/h7-13,18,20H,6H2,1-5H3. The Kier molecular flexibility index (Phi) is 4.79. The van der Waals surface area contributed by atoms with Crippen molar-refractivity contribution in [3.05, 3.63) is 65.0 Å². The normalized spacial score (nSPS) is 13.2. The predicted molar refractivity (Wildman–Crippen MR) is 89.6 cm³/mol. The van der Waals surface area contributed by atoms with Crippen LogP contribution in [-0.4, -0.2) is 11.5 Å². The number of pyridine rings is 1. The van der Waals surface area contributed by atoms with Crippen LogP contribution in [0.25, 0.3) is 0 Å². The third kappa shape index (κ3) is 3.70. The summed E-state index contributed by atoms with van der Waals surface area (Å²) >= 11 is 0. The van der Waals surface area contributed by atoms with E-state index in [0.717, 1.165) is 12.2 Å². The third-order valence-electron chi connectivity index (χ3n) is 3.84. The van der Waals surface area contributed by atoms with Gasteiger partial charge < -0.3 is 5.32 Å². The molecule has 1 aromatic carbocycles. The summed E-state index contributed by atoms with van der Waals surface area (Å²) in [5.41, 5.74) is 5.16. The lowest BCUT2D eigenvalue weighted by atomic mass is 9.86. The molecule has 1 N–H and O–H groups in total. The van der Waals surface area contributed by atoms with Gasteiger partial charge in [0.05, 0.1) is 11.7 Å². The Hall–Kier alpha value is -1.67. The molecule has 1 heterocycles. The molecule has 0 bridgehead atoms. The van der Waals surface area contributed by atoms with Gasteiger partial charge in [-0.3, -0.25) is 4.98 Å². The van der Waals surface area contributed by atoms with Crippen molar-refractivity contribution in [3.8, 4) is 0 Å². The molecule has 0 radical (unpaired) electrons. The quantitative estimate of drug-likeness (QED) is 0.899. The lowest BCUT2D eigenvalue weighted by molar-refractivity contribution is 0.586. The number of benzene rings is 1. The van der Waals surface area contributed by atoms with Gasteiger partial charge in [-0.25, -0.2) is 0 Å². The van der Waals surface area contributed by atoms with Crippen LogP contribution in [0.3, 0.4) is 0 Å². The van der Waals surface area contributed by atoms with E-state index < -0.39 is 0 Å². The zero-order chi connectivity index (χ0) is 15.5. The summed E-state index contributed by atoms with van der Waals surface area (Å²) in [4.78, 5) is 4.58. The van der Waals surface area contributed by atoms with E-state index >= 15 is 0 Å². The Morgan fingerprint density at radius 3 is 2.29 bits per heavy atom. The monoisotopic (exact) mass is 282 g/mol. The Balaban J connectivity index is 2.37. The molecule has 0 fully saturated rings. The fourth-order valence-corrected chi connectivity index (χ4v) is 2.55. The SMILES string of the molecule is CCNC(c1ccc(C(C)(C)C)cc1)c1ncccc1C. The average Bonchev–Trinajstić information content (AvgIpc) is 2.45. The molecular formula is C19H26N2. The van der Waals surface area contributed by atoms with Gasteiger partial charge in [0.15, 0.2) is 0 Å². The number of nitrogens with zero attached hydrogens (tertiary/aromatic N) is 1. The van der Waals surface area contributed by atoms with Crippen molar-refractivity contribution in [3.63, 3.8) is 0 Å². The van der Waals surface area contributed by atoms with Crippen LogP contribution in [0, 0.1) is 6.92 Å². The second-order valence-corrected chi connectivity index (χ2v) is 6.57. The summed E-state index contributed by atoms with van der Waals surface area (Å²) in [7, 11) is 0. The molecular weight excluding hydrogens is 256 g/mol. The molecule has 1 aromatic heterocycles. The van der Waals surface area contributed by atoms with E-state index in [-0.39, 0.29) is 11.5 Å². The van der Waals surface area contributed by atoms with Crippen LogP contribution in [0.2, 0.25) is 0 Å². The molecule has 0 amide bonds. The lowest BCUT2D eigenvalue weighted by Gasteiger charge is -2.23. The van der Waals surface area contributed by atoms with Gasteiger partial charge in [-0.1, -0.05) is 58.0 Å². The van der Waals surface area contributed by atoms with Crippen LogP contribution in [0.4, 0.5) is 0 Å². The van der Waals surface area contributed by atoms with Crippen molar-refractivity contribution < 1.29 is 0 Å². The molecule has 0 saturated carbocycles.